The van der Waals surface area contributed by atoms with Crippen molar-refractivity contribution in [1.29, 1.82) is 0 Å². The lowest BCUT2D eigenvalue weighted by atomic mass is 10.3. The van der Waals surface area contributed by atoms with E-state index in [0.717, 1.165) is 11.5 Å². The van der Waals surface area contributed by atoms with E-state index in [-0.39, 0.29) is 23.3 Å². The highest BCUT2D eigenvalue weighted by molar-refractivity contribution is 8.00. The van der Waals surface area contributed by atoms with Crippen LogP contribution in [-0.2, 0) is 9.59 Å². The largest absolute Gasteiger partial charge is 0.497 e. The molecule has 26 heavy (non-hydrogen) atoms. The van der Waals surface area contributed by atoms with Crippen LogP contribution in [0, 0.1) is 0 Å². The molecule has 0 aliphatic heterocycles. The van der Waals surface area contributed by atoms with Crippen molar-refractivity contribution in [3.05, 3.63) is 54.6 Å². The fourth-order valence-corrected chi connectivity index (χ4v) is 3.47. The van der Waals surface area contributed by atoms with Gasteiger partial charge in [0.1, 0.15) is 5.75 Å². The molecule has 0 radical (unpaired) electrons. The minimum atomic E-state index is -0.132. The number of anilines is 1. The summed E-state index contributed by atoms with van der Waals surface area (Å²) >= 11 is 3.00. The minimum absolute atomic E-state index is 0.0547. The van der Waals surface area contributed by atoms with Crippen molar-refractivity contribution < 1.29 is 14.3 Å². The molecule has 0 spiro atoms. The van der Waals surface area contributed by atoms with Crippen molar-refractivity contribution in [2.24, 2.45) is 0 Å². The molecule has 2 N–H and O–H groups in total. The van der Waals surface area contributed by atoms with Gasteiger partial charge < -0.3 is 15.4 Å². The van der Waals surface area contributed by atoms with Gasteiger partial charge in [-0.1, -0.05) is 18.2 Å². The Bertz CT molecular complexity index is 694. The second-order valence-electron chi connectivity index (χ2n) is 5.28. The summed E-state index contributed by atoms with van der Waals surface area (Å²) in [5, 5.41) is 5.65. The number of carbonyl (C=O) groups is 2. The maximum absolute atomic E-state index is 11.9. The summed E-state index contributed by atoms with van der Waals surface area (Å²) in [5.74, 6) is 1.87. The summed E-state index contributed by atoms with van der Waals surface area (Å²) < 4.78 is 5.07. The highest BCUT2D eigenvalue weighted by Gasteiger charge is 2.06. The Morgan fingerprint density at radius 3 is 2.35 bits per heavy atom. The van der Waals surface area contributed by atoms with Crippen molar-refractivity contribution in [2.45, 2.75) is 4.90 Å². The first-order chi connectivity index (χ1) is 12.7. The zero-order chi connectivity index (χ0) is 18.6. The first-order valence-electron chi connectivity index (χ1n) is 8.13. The number of thioether (sulfide) groups is 2. The third-order valence-electron chi connectivity index (χ3n) is 3.28. The molecule has 2 aromatic carbocycles. The molecular weight excluding hydrogens is 368 g/mol. The van der Waals surface area contributed by atoms with Gasteiger partial charge in [-0.25, -0.2) is 0 Å². The smallest absolute Gasteiger partial charge is 0.234 e. The van der Waals surface area contributed by atoms with Gasteiger partial charge in [0.15, 0.2) is 0 Å². The molecule has 0 fully saturated rings. The molecule has 0 aliphatic carbocycles. The van der Waals surface area contributed by atoms with E-state index < -0.39 is 0 Å². The molecule has 0 unspecified atom stereocenters. The SMILES string of the molecule is COc1ccc(NC(=O)CSCC(=O)NCCSc2ccccc2)cc1. The maximum atomic E-state index is 11.9. The second kappa shape index (κ2) is 11.5. The fourth-order valence-electron chi connectivity index (χ4n) is 2.03. The molecule has 2 rings (SSSR count). The molecule has 0 atom stereocenters. The molecule has 0 saturated heterocycles. The molecule has 2 amide bonds. The summed E-state index contributed by atoms with van der Waals surface area (Å²) in [5.41, 5.74) is 0.707. The van der Waals surface area contributed by atoms with E-state index in [9.17, 15) is 9.59 Å². The Labute approximate surface area is 162 Å². The van der Waals surface area contributed by atoms with Gasteiger partial charge in [0.25, 0.3) is 0 Å². The number of hydrogen-bond donors (Lipinski definition) is 2. The first kappa shape index (κ1) is 20.2. The van der Waals surface area contributed by atoms with E-state index in [0.29, 0.717) is 12.2 Å². The van der Waals surface area contributed by atoms with Gasteiger partial charge in [0.2, 0.25) is 11.8 Å². The van der Waals surface area contributed by atoms with Crippen LogP contribution in [-0.4, -0.2) is 42.7 Å². The van der Waals surface area contributed by atoms with Crippen molar-refractivity contribution in [3.8, 4) is 5.75 Å². The lowest BCUT2D eigenvalue weighted by Crippen LogP contribution is -2.28. The Balaban J connectivity index is 1.55. The van der Waals surface area contributed by atoms with E-state index >= 15 is 0 Å². The normalized spacial score (nSPS) is 10.2. The molecule has 0 heterocycles. The molecule has 0 bridgehead atoms. The van der Waals surface area contributed by atoms with Crippen LogP contribution < -0.4 is 15.4 Å². The van der Waals surface area contributed by atoms with Crippen molar-refractivity contribution >= 4 is 41.0 Å². The van der Waals surface area contributed by atoms with Gasteiger partial charge in [0, 0.05) is 22.9 Å². The summed E-state index contributed by atoms with van der Waals surface area (Å²) in [6.07, 6.45) is 0. The Morgan fingerprint density at radius 1 is 0.962 bits per heavy atom. The number of carbonyl (C=O) groups excluding carboxylic acids is 2. The number of hydrogen-bond acceptors (Lipinski definition) is 5. The topological polar surface area (TPSA) is 67.4 Å². The fraction of sp³-hybridized carbons (Fsp3) is 0.263. The van der Waals surface area contributed by atoms with Gasteiger partial charge in [-0.3, -0.25) is 9.59 Å². The number of rotatable bonds is 10. The number of nitrogens with one attached hydrogen (secondary N) is 2. The Hall–Kier alpha value is -2.12. The molecule has 138 valence electrons. The lowest BCUT2D eigenvalue weighted by Gasteiger charge is -2.07. The van der Waals surface area contributed by atoms with Crippen molar-refractivity contribution in [1.82, 2.24) is 5.32 Å². The average molecular weight is 391 g/mol. The quantitative estimate of drug-likeness (QED) is 0.481. The van der Waals surface area contributed by atoms with Crippen LogP contribution in [0.4, 0.5) is 5.69 Å². The van der Waals surface area contributed by atoms with Crippen molar-refractivity contribution in [2.75, 3.05) is 36.2 Å². The van der Waals surface area contributed by atoms with E-state index in [1.165, 1.54) is 16.7 Å². The molecular formula is C19H22N2O3S2. The van der Waals surface area contributed by atoms with Crippen LogP contribution in [0.25, 0.3) is 0 Å². The van der Waals surface area contributed by atoms with E-state index in [1.54, 1.807) is 43.1 Å². The molecule has 0 aromatic heterocycles. The predicted octanol–water partition coefficient (Wildman–Crippen LogP) is 3.28. The van der Waals surface area contributed by atoms with Crippen LogP contribution >= 0.6 is 23.5 Å². The van der Waals surface area contributed by atoms with Gasteiger partial charge in [-0.2, -0.15) is 0 Å². The van der Waals surface area contributed by atoms with E-state index in [2.05, 4.69) is 10.6 Å². The molecule has 2 aromatic rings. The van der Waals surface area contributed by atoms with Gasteiger partial charge >= 0.3 is 0 Å². The third kappa shape index (κ3) is 7.84. The molecule has 0 saturated carbocycles. The van der Waals surface area contributed by atoms with Crippen LogP contribution in [0.1, 0.15) is 0 Å². The van der Waals surface area contributed by atoms with Crippen molar-refractivity contribution in [3.63, 3.8) is 0 Å². The summed E-state index contributed by atoms with van der Waals surface area (Å²) in [7, 11) is 1.59. The molecule has 5 nitrogen and oxygen atoms in total. The maximum Gasteiger partial charge on any atom is 0.234 e. The zero-order valence-electron chi connectivity index (χ0n) is 14.6. The average Bonchev–Trinajstić information content (AvgIpc) is 2.67. The van der Waals surface area contributed by atoms with Crippen LogP contribution in [0.15, 0.2) is 59.5 Å². The van der Waals surface area contributed by atoms with Crippen LogP contribution in [0.2, 0.25) is 0 Å². The minimum Gasteiger partial charge on any atom is -0.497 e. The predicted molar refractivity (Wildman–Crippen MR) is 109 cm³/mol. The Morgan fingerprint density at radius 2 is 1.65 bits per heavy atom. The van der Waals surface area contributed by atoms with Gasteiger partial charge in [0.05, 0.1) is 18.6 Å². The Kier molecular flexibility index (Phi) is 8.92. The lowest BCUT2D eigenvalue weighted by molar-refractivity contribution is -0.118. The summed E-state index contributed by atoms with van der Waals surface area (Å²) in [4.78, 5) is 24.8. The number of methoxy groups -OCH3 is 1. The monoisotopic (exact) mass is 390 g/mol. The summed E-state index contributed by atoms with van der Waals surface area (Å²) in [6, 6.07) is 17.2. The third-order valence-corrected chi connectivity index (χ3v) is 5.22. The standard InChI is InChI=1S/C19H22N2O3S2/c1-24-16-9-7-15(8-10-16)21-19(23)14-25-13-18(22)20-11-12-26-17-5-3-2-4-6-17/h2-10H,11-14H2,1H3,(H,20,22)(H,21,23). The number of amides is 2. The van der Waals surface area contributed by atoms with E-state index in [1.807, 2.05) is 30.3 Å². The first-order valence-corrected chi connectivity index (χ1v) is 10.3. The second-order valence-corrected chi connectivity index (χ2v) is 7.43. The van der Waals surface area contributed by atoms with Crippen LogP contribution in [0.3, 0.4) is 0 Å². The zero-order valence-corrected chi connectivity index (χ0v) is 16.2. The highest BCUT2D eigenvalue weighted by Crippen LogP contribution is 2.16. The van der Waals surface area contributed by atoms with Crippen LogP contribution in [0.5, 0.6) is 5.75 Å². The molecule has 7 heteroatoms. The highest BCUT2D eigenvalue weighted by atomic mass is 32.2. The summed E-state index contributed by atoms with van der Waals surface area (Å²) in [6.45, 7) is 0.608. The van der Waals surface area contributed by atoms with Gasteiger partial charge in [-0.05, 0) is 36.4 Å². The molecule has 0 aliphatic rings. The number of benzene rings is 2. The van der Waals surface area contributed by atoms with E-state index in [4.69, 9.17) is 4.74 Å². The van der Waals surface area contributed by atoms with Gasteiger partial charge in [-0.15, -0.1) is 23.5 Å². The number of ether oxygens (including phenoxy) is 1.